The predicted octanol–water partition coefficient (Wildman–Crippen LogP) is 17.8. The van der Waals surface area contributed by atoms with Crippen LogP contribution in [0.15, 0.2) is 258 Å². The van der Waals surface area contributed by atoms with Crippen molar-refractivity contribution in [3.63, 3.8) is 0 Å². The number of hydrogen-bond acceptors (Lipinski definition) is 4. The fourth-order valence-corrected chi connectivity index (χ4v) is 13.2. The minimum atomic E-state index is -0.623. The zero-order valence-corrected chi connectivity index (χ0v) is 38.8. The van der Waals surface area contributed by atoms with Gasteiger partial charge < -0.3 is 18.5 Å². The quantitative estimate of drug-likeness (QED) is 0.172. The van der Waals surface area contributed by atoms with E-state index in [1.54, 1.807) is 0 Å². The van der Waals surface area contributed by atoms with Crippen molar-refractivity contribution in [3.8, 4) is 33.8 Å². The third kappa shape index (κ3) is 5.05. The van der Waals surface area contributed by atoms with Crippen molar-refractivity contribution in [1.82, 2.24) is 0 Å². The molecule has 0 fully saturated rings. The Morgan fingerprint density at radius 1 is 0.306 bits per heavy atom. The minimum absolute atomic E-state index is 0.596. The normalized spacial score (nSPS) is 14.2. The first kappa shape index (κ1) is 39.5. The third-order valence-electron chi connectivity index (χ3n) is 16.0. The Morgan fingerprint density at radius 3 is 1.58 bits per heavy atom. The molecule has 11 aromatic carbocycles. The predicted molar refractivity (Wildman–Crippen MR) is 290 cm³/mol. The van der Waals surface area contributed by atoms with Gasteiger partial charge in [-0.15, -0.1) is 0 Å². The lowest BCUT2D eigenvalue weighted by Gasteiger charge is -2.39. The zero-order chi connectivity index (χ0) is 47.1. The van der Waals surface area contributed by atoms with Crippen LogP contribution >= 0.6 is 0 Å². The van der Waals surface area contributed by atoms with E-state index >= 15 is 0 Å². The summed E-state index contributed by atoms with van der Waals surface area (Å²) >= 11 is 0. The Bertz CT molecular complexity index is 4310. The van der Waals surface area contributed by atoms with Gasteiger partial charge in [0.1, 0.15) is 28.2 Å². The second-order valence-corrected chi connectivity index (χ2v) is 19.4. The maximum Gasteiger partial charge on any atom is 0.159 e. The summed E-state index contributed by atoms with van der Waals surface area (Å²) in [6, 6.07) is 90.1. The molecule has 336 valence electrons. The molecule has 0 N–H and O–H groups in total. The van der Waals surface area contributed by atoms with E-state index in [4.69, 9.17) is 13.6 Å². The van der Waals surface area contributed by atoms with Crippen molar-refractivity contribution in [2.45, 2.75) is 10.8 Å². The molecular weight excluding hydrogens is 879 g/mol. The van der Waals surface area contributed by atoms with E-state index in [1.807, 2.05) is 6.07 Å². The van der Waals surface area contributed by atoms with E-state index in [2.05, 4.69) is 248 Å². The highest BCUT2D eigenvalue weighted by atomic mass is 16.5. The molecule has 0 saturated carbocycles. The monoisotopic (exact) mass is 919 g/mol. The van der Waals surface area contributed by atoms with E-state index in [9.17, 15) is 0 Å². The highest BCUT2D eigenvalue weighted by Crippen LogP contribution is 2.63. The van der Waals surface area contributed by atoms with Gasteiger partial charge in [0.15, 0.2) is 5.58 Å². The topological polar surface area (TPSA) is 38.8 Å². The molecular formula is C68H41NO3. The molecule has 1 spiro atoms. The van der Waals surface area contributed by atoms with E-state index < -0.39 is 10.8 Å². The van der Waals surface area contributed by atoms with Crippen LogP contribution in [0.2, 0.25) is 0 Å². The van der Waals surface area contributed by atoms with E-state index in [1.165, 1.54) is 55.6 Å². The number of furan rings is 2. The van der Waals surface area contributed by atoms with E-state index in [0.29, 0.717) is 0 Å². The molecule has 0 unspecified atom stereocenters. The number of anilines is 3. The van der Waals surface area contributed by atoms with Gasteiger partial charge in [-0.2, -0.15) is 0 Å². The largest absolute Gasteiger partial charge is 0.457 e. The molecule has 16 rings (SSSR count). The average molecular weight is 920 g/mol. The fraction of sp³-hybridized carbons (Fsp3) is 0.0294. The Morgan fingerprint density at radius 2 is 0.847 bits per heavy atom. The van der Waals surface area contributed by atoms with E-state index in [-0.39, 0.29) is 0 Å². The van der Waals surface area contributed by atoms with Gasteiger partial charge >= 0.3 is 0 Å². The van der Waals surface area contributed by atoms with Crippen LogP contribution in [-0.2, 0) is 10.8 Å². The highest BCUT2D eigenvalue weighted by Gasteiger charge is 2.52. The number of para-hydroxylation sites is 4. The SMILES string of the molecule is c1ccc(C2(c3ccccc3)c3ccccc3-c3ccc(N(c4cccc5c4oc4ccccc45)c4cccc5oc6cc7c(cc6c45)-c4ccccc4C74c5ccccc5Oc5ccccc54)cc32)cc1. The summed E-state index contributed by atoms with van der Waals surface area (Å²) in [4.78, 5) is 2.42. The van der Waals surface area contributed by atoms with Crippen LogP contribution < -0.4 is 9.64 Å². The summed E-state index contributed by atoms with van der Waals surface area (Å²) in [7, 11) is 0. The summed E-state index contributed by atoms with van der Waals surface area (Å²) in [5.74, 6) is 1.73. The summed E-state index contributed by atoms with van der Waals surface area (Å²) < 4.78 is 20.8. The van der Waals surface area contributed by atoms with E-state index in [0.717, 1.165) is 83.6 Å². The molecule has 0 radical (unpaired) electrons. The molecule has 0 bridgehead atoms. The molecule has 0 saturated heterocycles. The molecule has 3 aliphatic rings. The first-order chi connectivity index (χ1) is 35.7. The maximum absolute atomic E-state index is 7.17. The number of nitrogens with zero attached hydrogens (tertiary/aromatic N) is 1. The number of rotatable bonds is 5. The van der Waals surface area contributed by atoms with Crippen molar-refractivity contribution in [1.29, 1.82) is 0 Å². The number of hydrogen-bond donors (Lipinski definition) is 0. The zero-order valence-electron chi connectivity index (χ0n) is 38.8. The van der Waals surface area contributed by atoms with Crippen molar-refractivity contribution < 1.29 is 13.6 Å². The number of ether oxygens (including phenoxy) is 1. The van der Waals surface area contributed by atoms with Gasteiger partial charge in [0.05, 0.1) is 27.6 Å². The minimum Gasteiger partial charge on any atom is -0.457 e. The Labute approximate surface area is 415 Å². The van der Waals surface area contributed by atoms with Gasteiger partial charge in [0.2, 0.25) is 0 Å². The summed E-state index contributed by atoms with van der Waals surface area (Å²) in [6.45, 7) is 0. The first-order valence-electron chi connectivity index (χ1n) is 24.7. The van der Waals surface area contributed by atoms with Crippen LogP contribution in [0.25, 0.3) is 66.1 Å². The lowest BCUT2D eigenvalue weighted by Crippen LogP contribution is -2.32. The average Bonchev–Trinajstić information content (AvgIpc) is 4.17. The van der Waals surface area contributed by atoms with Gasteiger partial charge in [0, 0.05) is 33.0 Å². The fourth-order valence-electron chi connectivity index (χ4n) is 13.2. The molecule has 0 amide bonds. The summed E-state index contributed by atoms with van der Waals surface area (Å²) in [5, 5.41) is 4.21. The Kier molecular flexibility index (Phi) is 7.99. The molecule has 3 heterocycles. The van der Waals surface area contributed by atoms with Gasteiger partial charge in [-0.1, -0.05) is 188 Å². The van der Waals surface area contributed by atoms with Crippen LogP contribution in [0.1, 0.15) is 44.5 Å². The molecule has 0 atom stereocenters. The van der Waals surface area contributed by atoms with Crippen LogP contribution in [-0.4, -0.2) is 0 Å². The number of fused-ring (bicyclic) bond motifs is 18. The van der Waals surface area contributed by atoms with Gasteiger partial charge in [0.25, 0.3) is 0 Å². The standard InChI is InChI=1S/C68H41NO3/c1-3-19-42(20-4-1)67(43-21-5-2-6-22-43)52-27-10-7-23-45(52)47-38-37-44(39-56(47)67)69(59-32-17-26-49-48-25-9-14-33-60(48)72-66(49)59)58-31-18-36-63-65(58)51-40-50-46-24-8-11-28-53(46)68(57(50)41-64(51)71-63)54-29-12-15-34-61(54)70-62-35-16-13-30-55(62)68/h1-41H. The van der Waals surface area contributed by atoms with Crippen LogP contribution in [0.4, 0.5) is 17.1 Å². The van der Waals surface area contributed by atoms with Gasteiger partial charge in [-0.3, -0.25) is 0 Å². The van der Waals surface area contributed by atoms with Crippen molar-refractivity contribution in [3.05, 3.63) is 293 Å². The van der Waals surface area contributed by atoms with Gasteiger partial charge in [-0.25, -0.2) is 0 Å². The lowest BCUT2D eigenvalue weighted by atomic mass is 9.66. The van der Waals surface area contributed by atoms with Crippen LogP contribution in [0.3, 0.4) is 0 Å². The molecule has 1 aliphatic heterocycles. The molecule has 4 heteroatoms. The summed E-state index contributed by atoms with van der Waals surface area (Å²) in [5.41, 5.74) is 19.4. The summed E-state index contributed by atoms with van der Waals surface area (Å²) in [6.07, 6.45) is 0. The second-order valence-electron chi connectivity index (χ2n) is 19.4. The molecule has 4 nitrogen and oxygen atoms in total. The maximum atomic E-state index is 7.17. The Hall–Kier alpha value is -9.38. The molecule has 2 aliphatic carbocycles. The van der Waals surface area contributed by atoms with Crippen LogP contribution in [0, 0.1) is 0 Å². The smallest absolute Gasteiger partial charge is 0.159 e. The number of benzene rings is 11. The molecule has 13 aromatic rings. The van der Waals surface area contributed by atoms with Crippen molar-refractivity contribution in [2.24, 2.45) is 0 Å². The van der Waals surface area contributed by atoms with Crippen LogP contribution in [0.5, 0.6) is 11.5 Å². The molecule has 2 aromatic heterocycles. The third-order valence-corrected chi connectivity index (χ3v) is 16.0. The Balaban J connectivity index is 0.998. The van der Waals surface area contributed by atoms with Gasteiger partial charge in [-0.05, 0) is 116 Å². The lowest BCUT2D eigenvalue weighted by molar-refractivity contribution is 0.436. The highest BCUT2D eigenvalue weighted by molar-refractivity contribution is 6.17. The first-order valence-corrected chi connectivity index (χ1v) is 24.7. The second kappa shape index (κ2) is 14.6. The van der Waals surface area contributed by atoms with Crippen molar-refractivity contribution >= 4 is 60.9 Å². The molecule has 72 heavy (non-hydrogen) atoms. The van der Waals surface area contributed by atoms with Crippen molar-refractivity contribution in [2.75, 3.05) is 4.90 Å².